The Bertz CT molecular complexity index is 156. The van der Waals surface area contributed by atoms with Crippen molar-refractivity contribution in [2.45, 2.75) is 6.92 Å². The van der Waals surface area contributed by atoms with Crippen molar-refractivity contribution in [3.8, 4) is 0 Å². The van der Waals surface area contributed by atoms with Gasteiger partial charge in [-0.05, 0) is 5.92 Å². The predicted octanol–water partition coefficient (Wildman–Crippen LogP) is 2.03. The first-order valence-electron chi connectivity index (χ1n) is 3.33. The molecule has 2 aliphatic rings. The van der Waals surface area contributed by atoms with Crippen molar-refractivity contribution in [3.63, 3.8) is 0 Å². The van der Waals surface area contributed by atoms with Gasteiger partial charge in [-0.1, -0.05) is 31.2 Å². The Morgan fingerprint density at radius 2 is 1.50 bits per heavy atom. The summed E-state index contributed by atoms with van der Waals surface area (Å²) in [7, 11) is 0. The highest BCUT2D eigenvalue weighted by atomic mass is 14.3. The molecule has 0 heterocycles. The Morgan fingerprint density at radius 3 is 2.00 bits per heavy atom. The van der Waals surface area contributed by atoms with Gasteiger partial charge in [0.25, 0.3) is 0 Å². The van der Waals surface area contributed by atoms with E-state index in [0.717, 1.165) is 5.92 Å². The molecule has 0 nitrogen and oxygen atoms in total. The number of fused-ring (bicyclic) bond motifs is 1. The lowest BCUT2D eigenvalue weighted by Gasteiger charge is -2.10. The lowest BCUT2D eigenvalue weighted by atomic mass is 9.92. The van der Waals surface area contributed by atoms with Crippen LogP contribution in [0, 0.1) is 30.6 Å². The fourth-order valence-corrected chi connectivity index (χ4v) is 1.14. The van der Waals surface area contributed by atoms with Gasteiger partial charge in [-0.15, -0.1) is 0 Å². The van der Waals surface area contributed by atoms with Gasteiger partial charge >= 0.3 is 0 Å². The minimum absolute atomic E-state index is 1.10. The van der Waals surface area contributed by atoms with E-state index >= 15 is 0 Å². The Morgan fingerprint density at radius 1 is 1.00 bits per heavy atom. The van der Waals surface area contributed by atoms with Gasteiger partial charge in [0.2, 0.25) is 0 Å². The van der Waals surface area contributed by atoms with Crippen molar-refractivity contribution in [2.24, 2.45) is 0 Å². The van der Waals surface area contributed by atoms with Crippen LogP contribution in [0.4, 0.5) is 0 Å². The van der Waals surface area contributed by atoms with E-state index in [1.165, 1.54) is 11.8 Å². The molecule has 0 aromatic heterocycles. The maximum absolute atomic E-state index is 3.20. The second-order valence-electron chi connectivity index (χ2n) is 2.42. The van der Waals surface area contributed by atoms with Crippen LogP contribution in [0.15, 0.2) is 24.3 Å². The molecule has 0 saturated heterocycles. The molecule has 0 aromatic carbocycles. The minimum atomic E-state index is 1.10. The molecular formula is C10H7. The second-order valence-corrected chi connectivity index (χ2v) is 2.42. The Labute approximate surface area is 62.6 Å². The molecule has 0 bridgehead atoms. The summed E-state index contributed by atoms with van der Waals surface area (Å²) >= 11 is 0. The zero-order valence-electron chi connectivity index (χ0n) is 5.81. The summed E-state index contributed by atoms with van der Waals surface area (Å²) in [4.78, 5) is 0. The predicted molar refractivity (Wildman–Crippen MR) is 40.2 cm³/mol. The molecule has 0 unspecified atom stereocenters. The highest BCUT2D eigenvalue weighted by Crippen LogP contribution is 2.41. The van der Waals surface area contributed by atoms with Crippen LogP contribution in [-0.2, 0) is 0 Å². The molecule has 1 saturated carbocycles. The molecule has 2 rings (SSSR count). The molecule has 0 N–H and O–H groups in total. The summed E-state index contributed by atoms with van der Waals surface area (Å²) in [6.45, 7) is 2.01. The summed E-state index contributed by atoms with van der Waals surface area (Å²) in [5.74, 6) is 3.43. The van der Waals surface area contributed by atoms with E-state index in [-0.39, 0.29) is 0 Å². The molecule has 2 aliphatic carbocycles. The fraction of sp³-hybridized carbons (Fsp3) is 0.100. The molecule has 1 fully saturated rings. The maximum atomic E-state index is 3.20. The van der Waals surface area contributed by atoms with Gasteiger partial charge in [-0.25, -0.2) is 0 Å². The normalized spacial score (nSPS) is 27.7. The number of allylic oxidation sites excluding steroid dienone is 4. The molecule has 7 radical (unpaired) electrons. The van der Waals surface area contributed by atoms with Gasteiger partial charge in [0, 0.05) is 24.7 Å². The van der Waals surface area contributed by atoms with Crippen LogP contribution >= 0.6 is 0 Å². The molecule has 47 valence electrons. The highest BCUT2D eigenvalue weighted by molar-refractivity contribution is 5.60. The molecule has 10 heavy (non-hydrogen) atoms. The van der Waals surface area contributed by atoms with E-state index in [2.05, 4.69) is 25.0 Å². The van der Waals surface area contributed by atoms with E-state index < -0.39 is 0 Å². The molecular weight excluding hydrogens is 120 g/mol. The molecule has 0 aliphatic heterocycles. The number of rotatable bonds is 0. The van der Waals surface area contributed by atoms with Crippen LogP contribution in [-0.4, -0.2) is 0 Å². The summed E-state index contributed by atoms with van der Waals surface area (Å²) in [6, 6.07) is 0. The lowest BCUT2D eigenvalue weighted by molar-refractivity contribution is 1.22. The average Bonchev–Trinajstić information content (AvgIpc) is 2.27. The summed E-state index contributed by atoms with van der Waals surface area (Å²) in [6.07, 6.45) is 14.6. The van der Waals surface area contributed by atoms with Gasteiger partial charge in [0.15, 0.2) is 0 Å². The van der Waals surface area contributed by atoms with Crippen LogP contribution in [0.1, 0.15) is 6.92 Å². The summed E-state index contributed by atoms with van der Waals surface area (Å²) in [5, 5.41) is 0. The van der Waals surface area contributed by atoms with E-state index in [9.17, 15) is 0 Å². The third-order valence-corrected chi connectivity index (χ3v) is 1.57. The number of hydrogen-bond donors (Lipinski definition) is 0. The Balaban J connectivity index is 2.14. The van der Waals surface area contributed by atoms with Crippen LogP contribution in [0.5, 0.6) is 0 Å². The minimum Gasteiger partial charge on any atom is -0.0758 e. The van der Waals surface area contributed by atoms with Gasteiger partial charge in [-0.3, -0.25) is 0 Å². The average molecular weight is 127 g/mol. The van der Waals surface area contributed by atoms with Crippen molar-refractivity contribution in [1.29, 1.82) is 0 Å². The second kappa shape index (κ2) is 2.26. The van der Waals surface area contributed by atoms with Crippen LogP contribution in [0.3, 0.4) is 0 Å². The van der Waals surface area contributed by atoms with E-state index in [1.54, 1.807) is 0 Å². The fourth-order valence-electron chi connectivity index (χ4n) is 1.14. The third kappa shape index (κ3) is 0.920. The zero-order chi connectivity index (χ0) is 6.97. The van der Waals surface area contributed by atoms with Gasteiger partial charge in [0.05, 0.1) is 0 Å². The van der Waals surface area contributed by atoms with Crippen LogP contribution in [0.25, 0.3) is 0 Å². The van der Waals surface area contributed by atoms with E-state index in [4.69, 9.17) is 0 Å². The van der Waals surface area contributed by atoms with Crippen LogP contribution < -0.4 is 0 Å². The summed E-state index contributed by atoms with van der Waals surface area (Å²) in [5.41, 5.74) is 0. The topological polar surface area (TPSA) is 0 Å². The van der Waals surface area contributed by atoms with Crippen molar-refractivity contribution >= 4 is 0 Å². The Hall–Kier alpha value is -0.520. The molecule has 0 atom stereocenters. The smallest absolute Gasteiger partial charge is 0.0171 e. The first-order chi connectivity index (χ1) is 4.86. The monoisotopic (exact) mass is 127 g/mol. The molecule has 0 amide bonds. The molecule has 0 spiro atoms. The van der Waals surface area contributed by atoms with Gasteiger partial charge < -0.3 is 0 Å². The SMILES string of the molecule is C[C]1[C][C]2C=CC=C[C]2[C]1. The van der Waals surface area contributed by atoms with Crippen molar-refractivity contribution in [1.82, 2.24) is 0 Å². The van der Waals surface area contributed by atoms with Crippen molar-refractivity contribution in [2.75, 3.05) is 0 Å². The zero-order valence-corrected chi connectivity index (χ0v) is 5.81. The van der Waals surface area contributed by atoms with Crippen molar-refractivity contribution in [3.05, 3.63) is 54.9 Å². The lowest BCUT2D eigenvalue weighted by Crippen LogP contribution is -1.99. The van der Waals surface area contributed by atoms with Gasteiger partial charge in [0.1, 0.15) is 0 Å². The van der Waals surface area contributed by atoms with Crippen LogP contribution in [0.2, 0.25) is 0 Å². The molecule has 0 heteroatoms. The molecule has 0 aromatic rings. The van der Waals surface area contributed by atoms with E-state index in [1.807, 2.05) is 19.1 Å². The first-order valence-corrected chi connectivity index (χ1v) is 3.33. The Kier molecular flexibility index (Phi) is 1.40. The van der Waals surface area contributed by atoms with E-state index in [0.29, 0.717) is 0 Å². The third-order valence-electron chi connectivity index (χ3n) is 1.57. The first kappa shape index (κ1) is 6.21. The summed E-state index contributed by atoms with van der Waals surface area (Å²) < 4.78 is 0. The highest BCUT2D eigenvalue weighted by Gasteiger charge is 2.31. The quantitative estimate of drug-likeness (QED) is 0.467. The maximum Gasteiger partial charge on any atom is 0.0171 e. The van der Waals surface area contributed by atoms with Gasteiger partial charge in [-0.2, -0.15) is 0 Å². The number of hydrogen-bond acceptors (Lipinski definition) is 0. The largest absolute Gasteiger partial charge is 0.0758 e. The standard InChI is InChI=1S/C10H7/c1-8-6-9-4-2-3-5-10(9)7-8/h2-5H,1H3. The van der Waals surface area contributed by atoms with Crippen molar-refractivity contribution < 1.29 is 0 Å².